The smallest absolute Gasteiger partial charge is 0.262 e. The molecule has 6 heteroatoms. The number of benzene rings is 2. The Morgan fingerprint density at radius 3 is 2.38 bits per heavy atom. The van der Waals surface area contributed by atoms with E-state index in [9.17, 15) is 13.2 Å². The van der Waals surface area contributed by atoms with Gasteiger partial charge in [0.1, 0.15) is 0 Å². The van der Waals surface area contributed by atoms with Gasteiger partial charge in [-0.05, 0) is 73.2 Å². The van der Waals surface area contributed by atoms with Crippen LogP contribution in [0.25, 0.3) is 0 Å². The van der Waals surface area contributed by atoms with E-state index in [4.69, 9.17) is 0 Å². The van der Waals surface area contributed by atoms with Gasteiger partial charge in [0, 0.05) is 25.7 Å². The maximum Gasteiger partial charge on any atom is 0.262 e. The third-order valence-corrected chi connectivity index (χ3v) is 6.52. The molecule has 0 atom stereocenters. The van der Waals surface area contributed by atoms with Crippen molar-refractivity contribution in [2.75, 3.05) is 11.3 Å². The zero-order valence-corrected chi connectivity index (χ0v) is 16.4. The molecule has 1 amide bonds. The highest BCUT2D eigenvalue weighted by molar-refractivity contribution is 7.92. The Bertz CT molecular complexity index is 981. The van der Waals surface area contributed by atoms with Gasteiger partial charge in [0.05, 0.1) is 4.90 Å². The highest BCUT2D eigenvalue weighted by Gasteiger charge is 2.21. The highest BCUT2D eigenvalue weighted by Crippen LogP contribution is 2.26. The van der Waals surface area contributed by atoms with E-state index in [0.717, 1.165) is 34.2 Å². The number of nitrogens with one attached hydrogen (secondary N) is 1. The van der Waals surface area contributed by atoms with Gasteiger partial charge in [-0.15, -0.1) is 0 Å². The lowest BCUT2D eigenvalue weighted by Gasteiger charge is -2.28. The normalized spacial score (nSPS) is 14.1. The topological polar surface area (TPSA) is 66.5 Å². The van der Waals surface area contributed by atoms with Crippen LogP contribution in [0, 0.1) is 20.8 Å². The molecule has 3 rings (SSSR count). The van der Waals surface area contributed by atoms with Crippen molar-refractivity contribution >= 4 is 21.6 Å². The third-order valence-electron chi connectivity index (χ3n) is 5.00. The first-order valence-corrected chi connectivity index (χ1v) is 10.1. The quantitative estimate of drug-likeness (QED) is 0.899. The molecule has 0 radical (unpaired) electrons. The number of hydrogen-bond donors (Lipinski definition) is 1. The van der Waals surface area contributed by atoms with Crippen molar-refractivity contribution in [2.45, 2.75) is 45.6 Å². The van der Waals surface area contributed by atoms with Crippen molar-refractivity contribution in [1.82, 2.24) is 4.90 Å². The van der Waals surface area contributed by atoms with E-state index in [1.54, 1.807) is 30.9 Å². The average Bonchev–Trinajstić information content (AvgIpc) is 2.56. The van der Waals surface area contributed by atoms with Crippen LogP contribution in [-0.2, 0) is 27.8 Å². The number of carbonyl (C=O) groups excluding carboxylic acids is 1. The monoisotopic (exact) mass is 372 g/mol. The summed E-state index contributed by atoms with van der Waals surface area (Å²) in [5.41, 5.74) is 5.41. The fraction of sp³-hybridized carbons (Fsp3) is 0.350. The van der Waals surface area contributed by atoms with Gasteiger partial charge in [-0.25, -0.2) is 8.42 Å². The molecule has 0 aromatic heterocycles. The number of hydrogen-bond acceptors (Lipinski definition) is 3. The zero-order chi connectivity index (χ0) is 19.1. The van der Waals surface area contributed by atoms with Gasteiger partial charge in [0.25, 0.3) is 10.0 Å². The number of aryl methyl sites for hydroxylation is 3. The van der Waals surface area contributed by atoms with Crippen LogP contribution in [-0.4, -0.2) is 25.8 Å². The Balaban J connectivity index is 1.91. The molecule has 26 heavy (non-hydrogen) atoms. The van der Waals surface area contributed by atoms with Gasteiger partial charge in [0.15, 0.2) is 0 Å². The highest BCUT2D eigenvalue weighted by atomic mass is 32.2. The maximum absolute atomic E-state index is 12.9. The molecule has 0 saturated heterocycles. The van der Waals surface area contributed by atoms with E-state index in [2.05, 4.69) is 4.72 Å². The summed E-state index contributed by atoms with van der Waals surface area (Å²) < 4.78 is 28.4. The van der Waals surface area contributed by atoms with Gasteiger partial charge in [-0.3, -0.25) is 9.52 Å². The summed E-state index contributed by atoms with van der Waals surface area (Å²) in [6.45, 7) is 8.45. The van der Waals surface area contributed by atoms with Crippen LogP contribution in [0.3, 0.4) is 0 Å². The molecule has 1 N–H and O–H groups in total. The summed E-state index contributed by atoms with van der Waals surface area (Å²) in [5.74, 6) is 0.0346. The van der Waals surface area contributed by atoms with Crippen LogP contribution in [0.4, 0.5) is 5.69 Å². The van der Waals surface area contributed by atoms with E-state index < -0.39 is 10.0 Å². The first-order chi connectivity index (χ1) is 12.2. The van der Waals surface area contributed by atoms with Crippen LogP contribution in [0.15, 0.2) is 35.2 Å². The minimum absolute atomic E-state index is 0.0346. The summed E-state index contributed by atoms with van der Waals surface area (Å²) in [6.07, 6.45) is 0.790. The second kappa shape index (κ2) is 6.76. The Labute approximate surface area is 155 Å². The van der Waals surface area contributed by atoms with E-state index in [1.807, 2.05) is 32.0 Å². The average molecular weight is 372 g/mol. The summed E-state index contributed by atoms with van der Waals surface area (Å²) in [7, 11) is -3.67. The molecule has 0 spiro atoms. The van der Waals surface area contributed by atoms with Crippen molar-refractivity contribution in [3.05, 3.63) is 58.1 Å². The number of rotatable bonds is 3. The number of sulfonamides is 1. The SMILES string of the molecule is CC(=O)N1CCc2ccc(NS(=O)(=O)c3cc(C)c(C)cc3C)cc2C1. The van der Waals surface area contributed by atoms with Crippen molar-refractivity contribution in [1.29, 1.82) is 0 Å². The molecule has 2 aromatic carbocycles. The van der Waals surface area contributed by atoms with Crippen LogP contribution < -0.4 is 4.72 Å². The first kappa shape index (κ1) is 18.5. The van der Waals surface area contributed by atoms with E-state index in [-0.39, 0.29) is 5.91 Å². The standard InChI is InChI=1S/C20H24N2O3S/c1-13-9-15(3)20(10-14(13)2)26(24,25)21-19-6-5-17-7-8-22(16(4)23)12-18(17)11-19/h5-6,9-11,21H,7-8,12H2,1-4H3. The Hall–Kier alpha value is -2.34. The lowest BCUT2D eigenvalue weighted by atomic mass is 9.99. The van der Waals surface area contributed by atoms with Gasteiger partial charge in [-0.2, -0.15) is 0 Å². The molecule has 1 aliphatic heterocycles. The molecule has 0 bridgehead atoms. The number of nitrogens with zero attached hydrogens (tertiary/aromatic N) is 1. The lowest BCUT2D eigenvalue weighted by Crippen LogP contribution is -2.34. The lowest BCUT2D eigenvalue weighted by molar-refractivity contribution is -0.129. The molecule has 138 valence electrons. The predicted octanol–water partition coefficient (Wildman–Crippen LogP) is 3.32. The van der Waals surface area contributed by atoms with Gasteiger partial charge < -0.3 is 4.90 Å². The number of amides is 1. The number of anilines is 1. The van der Waals surface area contributed by atoms with Crippen LogP contribution in [0.1, 0.15) is 34.7 Å². The molecular weight excluding hydrogens is 348 g/mol. The van der Waals surface area contributed by atoms with E-state index in [1.165, 1.54) is 0 Å². The largest absolute Gasteiger partial charge is 0.338 e. The van der Waals surface area contributed by atoms with Crippen LogP contribution >= 0.6 is 0 Å². The molecule has 0 unspecified atom stereocenters. The second-order valence-corrected chi connectivity index (χ2v) is 8.63. The fourth-order valence-corrected chi connectivity index (χ4v) is 4.68. The Morgan fingerprint density at radius 1 is 1.00 bits per heavy atom. The van der Waals surface area contributed by atoms with Gasteiger partial charge in [-0.1, -0.05) is 12.1 Å². The van der Waals surface area contributed by atoms with Gasteiger partial charge >= 0.3 is 0 Å². The molecule has 0 fully saturated rings. The van der Waals surface area contributed by atoms with Crippen molar-refractivity contribution in [3.8, 4) is 0 Å². The van der Waals surface area contributed by atoms with Crippen LogP contribution in [0.5, 0.6) is 0 Å². The van der Waals surface area contributed by atoms with E-state index >= 15 is 0 Å². The maximum atomic E-state index is 12.9. The summed E-state index contributed by atoms with van der Waals surface area (Å²) in [6, 6.07) is 9.16. The van der Waals surface area contributed by atoms with Crippen molar-refractivity contribution in [3.63, 3.8) is 0 Å². The molecule has 2 aromatic rings. The summed E-state index contributed by atoms with van der Waals surface area (Å²) >= 11 is 0. The molecular formula is C20H24N2O3S. The number of carbonyl (C=O) groups is 1. The third kappa shape index (κ3) is 3.60. The second-order valence-electron chi connectivity index (χ2n) is 6.98. The van der Waals surface area contributed by atoms with E-state index in [0.29, 0.717) is 23.7 Å². The Morgan fingerprint density at radius 2 is 1.69 bits per heavy atom. The Kier molecular flexibility index (Phi) is 4.80. The minimum atomic E-state index is -3.67. The molecule has 1 aliphatic rings. The predicted molar refractivity (Wildman–Crippen MR) is 103 cm³/mol. The molecule has 0 saturated carbocycles. The molecule has 1 heterocycles. The van der Waals surface area contributed by atoms with Crippen molar-refractivity contribution in [2.24, 2.45) is 0 Å². The summed E-state index contributed by atoms with van der Waals surface area (Å²) in [5, 5.41) is 0. The van der Waals surface area contributed by atoms with Crippen molar-refractivity contribution < 1.29 is 13.2 Å². The fourth-order valence-electron chi connectivity index (χ4n) is 3.32. The number of fused-ring (bicyclic) bond motifs is 1. The van der Waals surface area contributed by atoms with Gasteiger partial charge in [0.2, 0.25) is 5.91 Å². The minimum Gasteiger partial charge on any atom is -0.338 e. The molecule has 5 nitrogen and oxygen atoms in total. The molecule has 0 aliphatic carbocycles. The summed E-state index contributed by atoms with van der Waals surface area (Å²) in [4.78, 5) is 13.7. The first-order valence-electron chi connectivity index (χ1n) is 8.65. The van der Waals surface area contributed by atoms with Crippen LogP contribution in [0.2, 0.25) is 0 Å². The zero-order valence-electron chi connectivity index (χ0n) is 15.6.